The minimum atomic E-state index is -0.00741. The normalized spacial score (nSPS) is 10.6. The molecule has 0 atom stereocenters. The van der Waals surface area contributed by atoms with Crippen molar-refractivity contribution in [3.63, 3.8) is 0 Å². The van der Waals surface area contributed by atoms with Crippen molar-refractivity contribution in [1.29, 1.82) is 0 Å². The Kier molecular flexibility index (Phi) is 4.08. The summed E-state index contributed by atoms with van der Waals surface area (Å²) < 4.78 is 1.79. The summed E-state index contributed by atoms with van der Waals surface area (Å²) in [6, 6.07) is 7.09. The van der Waals surface area contributed by atoms with E-state index in [1.54, 1.807) is 18.2 Å². The Hall–Kier alpha value is -0.160. The molecule has 2 aromatic rings. The Morgan fingerprint density at radius 2 is 1.94 bits per heavy atom. The number of halogens is 3. The van der Waals surface area contributed by atoms with Gasteiger partial charge in [0, 0.05) is 15.1 Å². The van der Waals surface area contributed by atoms with Gasteiger partial charge in [0.15, 0.2) is 0 Å². The average molecular weight is 395 g/mol. The maximum absolute atomic E-state index is 12.2. The molecular weight excluding hydrogens is 387 g/mol. The molecule has 0 bridgehead atoms. The summed E-state index contributed by atoms with van der Waals surface area (Å²) in [5, 5.41) is 0.551. The van der Waals surface area contributed by atoms with Crippen LogP contribution in [0.1, 0.15) is 20.8 Å². The maximum Gasteiger partial charge on any atom is 0.203 e. The third-order valence-corrected chi connectivity index (χ3v) is 5.02. The van der Waals surface area contributed by atoms with Crippen molar-refractivity contribution in [2.45, 2.75) is 6.92 Å². The van der Waals surface area contributed by atoms with Crippen LogP contribution in [0.5, 0.6) is 0 Å². The van der Waals surface area contributed by atoms with Crippen LogP contribution in [0.2, 0.25) is 5.02 Å². The molecule has 0 fully saturated rings. The van der Waals surface area contributed by atoms with E-state index in [2.05, 4.69) is 31.9 Å². The highest BCUT2D eigenvalue weighted by atomic mass is 79.9. The summed E-state index contributed by atoms with van der Waals surface area (Å²) in [6.45, 7) is 1.96. The lowest BCUT2D eigenvalue weighted by Gasteiger charge is -2.00. The first-order valence-corrected chi connectivity index (χ1v) is 7.52. The minimum absolute atomic E-state index is 0.00741. The quantitative estimate of drug-likeness (QED) is 0.618. The Morgan fingerprint density at radius 1 is 1.24 bits per heavy atom. The molecule has 0 amide bonds. The van der Waals surface area contributed by atoms with Gasteiger partial charge in [0.1, 0.15) is 0 Å². The number of hydrogen-bond donors (Lipinski definition) is 0. The largest absolute Gasteiger partial charge is 0.288 e. The Labute approximate surface area is 125 Å². The molecule has 0 radical (unpaired) electrons. The zero-order valence-electron chi connectivity index (χ0n) is 8.76. The number of thiophene rings is 1. The van der Waals surface area contributed by atoms with E-state index >= 15 is 0 Å². The zero-order valence-corrected chi connectivity index (χ0v) is 13.5. The van der Waals surface area contributed by atoms with Crippen molar-refractivity contribution in [2.75, 3.05) is 0 Å². The Bertz CT molecular complexity index is 552. The van der Waals surface area contributed by atoms with Crippen LogP contribution in [-0.4, -0.2) is 5.78 Å². The third-order valence-electron chi connectivity index (χ3n) is 2.21. The molecule has 0 saturated carbocycles. The van der Waals surface area contributed by atoms with Gasteiger partial charge in [0.05, 0.1) is 8.66 Å². The number of hydrogen-bond acceptors (Lipinski definition) is 2. The topological polar surface area (TPSA) is 17.1 Å². The lowest BCUT2D eigenvalue weighted by Crippen LogP contribution is -1.98. The molecule has 1 nitrogen and oxygen atoms in total. The standard InChI is InChI=1S/C12H7Br2ClOS/c1-6-2-10(17-12(6)14)11(16)7-3-8(13)5-9(15)4-7/h2-5H,1H3. The molecule has 0 N–H and O–H groups in total. The predicted molar refractivity (Wildman–Crippen MR) is 79.3 cm³/mol. The first-order chi connectivity index (χ1) is 7.97. The van der Waals surface area contributed by atoms with Crippen LogP contribution < -0.4 is 0 Å². The van der Waals surface area contributed by atoms with Gasteiger partial charge in [-0.1, -0.05) is 27.5 Å². The molecule has 0 unspecified atom stereocenters. The number of benzene rings is 1. The van der Waals surface area contributed by atoms with E-state index < -0.39 is 0 Å². The van der Waals surface area contributed by atoms with Crippen LogP contribution in [0.3, 0.4) is 0 Å². The molecule has 0 spiro atoms. The van der Waals surface area contributed by atoms with E-state index in [9.17, 15) is 4.79 Å². The second kappa shape index (κ2) is 5.22. The van der Waals surface area contributed by atoms with Gasteiger partial charge in [-0.15, -0.1) is 11.3 Å². The smallest absolute Gasteiger partial charge is 0.203 e. The van der Waals surface area contributed by atoms with E-state index in [1.165, 1.54) is 11.3 Å². The highest BCUT2D eigenvalue weighted by molar-refractivity contribution is 9.11. The van der Waals surface area contributed by atoms with E-state index in [4.69, 9.17) is 11.6 Å². The summed E-state index contributed by atoms with van der Waals surface area (Å²) in [5.74, 6) is -0.00741. The molecule has 88 valence electrons. The van der Waals surface area contributed by atoms with Gasteiger partial charge < -0.3 is 0 Å². The second-order valence-electron chi connectivity index (χ2n) is 3.55. The van der Waals surface area contributed by atoms with Gasteiger partial charge in [0.25, 0.3) is 0 Å². The highest BCUT2D eigenvalue weighted by Crippen LogP contribution is 2.30. The van der Waals surface area contributed by atoms with Crippen LogP contribution in [0, 0.1) is 6.92 Å². The van der Waals surface area contributed by atoms with Crippen molar-refractivity contribution < 1.29 is 4.79 Å². The van der Waals surface area contributed by atoms with Crippen molar-refractivity contribution in [3.8, 4) is 0 Å². The molecule has 0 aliphatic carbocycles. The van der Waals surface area contributed by atoms with Crippen LogP contribution in [0.15, 0.2) is 32.5 Å². The monoisotopic (exact) mass is 392 g/mol. The summed E-state index contributed by atoms with van der Waals surface area (Å²) >= 11 is 14.1. The van der Waals surface area contributed by atoms with Crippen molar-refractivity contribution in [2.24, 2.45) is 0 Å². The fraction of sp³-hybridized carbons (Fsp3) is 0.0833. The van der Waals surface area contributed by atoms with E-state index in [0.29, 0.717) is 15.5 Å². The molecule has 1 aromatic carbocycles. The van der Waals surface area contributed by atoms with Crippen LogP contribution in [-0.2, 0) is 0 Å². The molecule has 0 saturated heterocycles. The summed E-state index contributed by atoms with van der Waals surface area (Å²) in [4.78, 5) is 12.9. The van der Waals surface area contributed by atoms with Gasteiger partial charge in [-0.25, -0.2) is 0 Å². The van der Waals surface area contributed by atoms with Gasteiger partial charge in [-0.3, -0.25) is 4.79 Å². The van der Waals surface area contributed by atoms with E-state index in [-0.39, 0.29) is 5.78 Å². The molecule has 0 aliphatic rings. The van der Waals surface area contributed by atoms with Crippen LogP contribution in [0.25, 0.3) is 0 Å². The van der Waals surface area contributed by atoms with Crippen molar-refractivity contribution in [1.82, 2.24) is 0 Å². The number of rotatable bonds is 2. The minimum Gasteiger partial charge on any atom is -0.288 e. The number of aryl methyl sites for hydroxylation is 1. The summed E-state index contributed by atoms with van der Waals surface area (Å²) in [6.07, 6.45) is 0. The molecule has 2 rings (SSSR count). The van der Waals surface area contributed by atoms with Crippen molar-refractivity contribution >= 4 is 60.6 Å². The molecule has 1 heterocycles. The first kappa shape index (κ1) is 13.3. The van der Waals surface area contributed by atoms with Crippen LogP contribution >= 0.6 is 54.8 Å². The Morgan fingerprint density at radius 3 is 2.47 bits per heavy atom. The summed E-state index contributed by atoms with van der Waals surface area (Å²) in [5.41, 5.74) is 1.66. The first-order valence-electron chi connectivity index (χ1n) is 4.74. The number of carbonyl (C=O) groups is 1. The van der Waals surface area contributed by atoms with E-state index in [0.717, 1.165) is 13.8 Å². The van der Waals surface area contributed by atoms with E-state index in [1.807, 2.05) is 13.0 Å². The summed E-state index contributed by atoms with van der Waals surface area (Å²) in [7, 11) is 0. The van der Waals surface area contributed by atoms with Gasteiger partial charge in [-0.05, 0) is 52.7 Å². The fourth-order valence-corrected chi connectivity index (χ4v) is 3.76. The highest BCUT2D eigenvalue weighted by Gasteiger charge is 2.14. The SMILES string of the molecule is Cc1cc(C(=O)c2cc(Cl)cc(Br)c2)sc1Br. The number of carbonyl (C=O) groups excluding carboxylic acids is 1. The molecule has 1 aromatic heterocycles. The second-order valence-corrected chi connectivity index (χ2v) is 7.28. The third kappa shape index (κ3) is 2.99. The van der Waals surface area contributed by atoms with Gasteiger partial charge in [-0.2, -0.15) is 0 Å². The Balaban J connectivity index is 2.43. The molecule has 5 heteroatoms. The van der Waals surface area contributed by atoms with Crippen molar-refractivity contribution in [3.05, 3.63) is 53.6 Å². The molecule has 0 aliphatic heterocycles. The lowest BCUT2D eigenvalue weighted by molar-refractivity contribution is 0.104. The number of ketones is 1. The fourth-order valence-electron chi connectivity index (χ4n) is 1.40. The van der Waals surface area contributed by atoms with Gasteiger partial charge in [0.2, 0.25) is 5.78 Å². The van der Waals surface area contributed by atoms with Crippen LogP contribution in [0.4, 0.5) is 0 Å². The molecule has 17 heavy (non-hydrogen) atoms. The van der Waals surface area contributed by atoms with Gasteiger partial charge >= 0.3 is 0 Å². The molecular formula is C12H7Br2ClOS. The maximum atomic E-state index is 12.2. The average Bonchev–Trinajstić information content (AvgIpc) is 2.57. The zero-order chi connectivity index (χ0) is 12.6. The lowest BCUT2D eigenvalue weighted by atomic mass is 10.1. The predicted octanol–water partition coefficient (Wildman–Crippen LogP) is 5.47.